The average Bonchev–Trinajstić information content (AvgIpc) is 2.41. The lowest BCUT2D eigenvalue weighted by Crippen LogP contribution is -2.09. The Bertz CT molecular complexity index is 661. The van der Waals surface area contributed by atoms with Crippen molar-refractivity contribution >= 4 is 27.6 Å². The molecule has 0 spiro atoms. The Morgan fingerprint density at radius 1 is 1.30 bits per heavy atom. The first-order valence-corrected chi connectivity index (χ1v) is 6.46. The number of hydrogen-bond acceptors (Lipinski definition) is 6. The largest absolute Gasteiger partial charge is 0.463 e. The van der Waals surface area contributed by atoms with Crippen LogP contribution in [0.25, 0.3) is 0 Å². The molecule has 1 aromatic carbocycles. The van der Waals surface area contributed by atoms with E-state index in [1.165, 1.54) is 7.11 Å². The molecule has 1 aromatic heterocycles. The summed E-state index contributed by atoms with van der Waals surface area (Å²) < 4.78 is 10.9. The highest BCUT2D eigenvalue weighted by molar-refractivity contribution is 9.10. The van der Waals surface area contributed by atoms with Gasteiger partial charge in [-0.15, -0.1) is 0 Å². The lowest BCUT2D eigenvalue weighted by atomic mass is 10.3. The number of ether oxygens (including phenoxy) is 2. The minimum absolute atomic E-state index is 0.0532. The molecule has 0 radical (unpaired) electrons. The molecule has 104 valence electrons. The highest BCUT2D eigenvalue weighted by atomic mass is 79.9. The fourth-order valence-electron chi connectivity index (χ4n) is 1.49. The van der Waals surface area contributed by atoms with Gasteiger partial charge in [0.05, 0.1) is 11.6 Å². The summed E-state index contributed by atoms with van der Waals surface area (Å²) in [5, 5.41) is 0. The van der Waals surface area contributed by atoms with Crippen LogP contribution in [0.5, 0.6) is 11.6 Å². The van der Waals surface area contributed by atoms with Crippen molar-refractivity contribution < 1.29 is 14.3 Å². The Hall–Kier alpha value is -2.15. The van der Waals surface area contributed by atoms with Gasteiger partial charge in [0.25, 0.3) is 0 Å². The second-order valence-electron chi connectivity index (χ2n) is 3.95. The first-order chi connectivity index (χ1) is 9.49. The van der Waals surface area contributed by atoms with Gasteiger partial charge in [0.2, 0.25) is 11.7 Å². The summed E-state index contributed by atoms with van der Waals surface area (Å²) >= 11 is 3.35. The quantitative estimate of drug-likeness (QED) is 0.684. The van der Waals surface area contributed by atoms with Crippen LogP contribution in [0.15, 0.2) is 28.7 Å². The fraction of sp³-hybridized carbons (Fsp3) is 0.154. The van der Waals surface area contributed by atoms with E-state index in [4.69, 9.17) is 10.5 Å². The Morgan fingerprint density at radius 2 is 2.05 bits per heavy atom. The van der Waals surface area contributed by atoms with E-state index in [1.807, 2.05) is 0 Å². The molecular formula is C13H12BrN3O3. The molecule has 0 atom stereocenters. The topological polar surface area (TPSA) is 87.3 Å². The first kappa shape index (κ1) is 14.3. The van der Waals surface area contributed by atoms with Crippen LogP contribution < -0.4 is 10.5 Å². The maximum absolute atomic E-state index is 11.5. The Labute approximate surface area is 124 Å². The molecule has 0 amide bonds. The van der Waals surface area contributed by atoms with Gasteiger partial charge in [0.15, 0.2) is 0 Å². The molecule has 2 N–H and O–H groups in total. The summed E-state index contributed by atoms with van der Waals surface area (Å²) in [6, 6.07) is 6.77. The number of carbonyl (C=O) groups is 1. The van der Waals surface area contributed by atoms with E-state index in [0.29, 0.717) is 17.1 Å². The normalized spacial score (nSPS) is 10.2. The number of esters is 1. The summed E-state index contributed by atoms with van der Waals surface area (Å²) in [7, 11) is 1.27. The van der Waals surface area contributed by atoms with Crippen molar-refractivity contribution in [2.24, 2.45) is 0 Å². The van der Waals surface area contributed by atoms with Gasteiger partial charge >= 0.3 is 5.97 Å². The van der Waals surface area contributed by atoms with Crippen molar-refractivity contribution in [1.82, 2.24) is 9.97 Å². The van der Waals surface area contributed by atoms with Crippen LogP contribution in [0.2, 0.25) is 0 Å². The molecule has 1 heterocycles. The highest BCUT2D eigenvalue weighted by Gasteiger charge is 2.13. The van der Waals surface area contributed by atoms with E-state index in [2.05, 4.69) is 30.6 Å². The van der Waals surface area contributed by atoms with Crippen LogP contribution in [0.4, 0.5) is 5.69 Å². The standard InChI is InChI=1S/C13H12BrN3O3/c1-7-5-11(17-12(16-7)13(18)19-2)20-10-6-8(15)3-4-9(10)14/h3-6H,15H2,1-2H3. The zero-order chi connectivity index (χ0) is 14.7. The van der Waals surface area contributed by atoms with E-state index >= 15 is 0 Å². The van der Waals surface area contributed by atoms with Crippen molar-refractivity contribution in [1.29, 1.82) is 0 Å². The Balaban J connectivity index is 2.36. The van der Waals surface area contributed by atoms with Crippen LogP contribution in [0.1, 0.15) is 16.3 Å². The number of rotatable bonds is 3. The molecular weight excluding hydrogens is 326 g/mol. The smallest absolute Gasteiger partial charge is 0.376 e. The number of methoxy groups -OCH3 is 1. The van der Waals surface area contributed by atoms with E-state index in [9.17, 15) is 4.79 Å². The highest BCUT2D eigenvalue weighted by Crippen LogP contribution is 2.30. The molecule has 0 aliphatic carbocycles. The van der Waals surface area contributed by atoms with Gasteiger partial charge < -0.3 is 15.2 Å². The van der Waals surface area contributed by atoms with Crippen molar-refractivity contribution in [3.05, 3.63) is 40.3 Å². The molecule has 0 aliphatic heterocycles. The average molecular weight is 338 g/mol. The van der Waals surface area contributed by atoms with Gasteiger partial charge in [0, 0.05) is 23.5 Å². The van der Waals surface area contributed by atoms with Crippen LogP contribution in [0, 0.1) is 6.92 Å². The first-order valence-electron chi connectivity index (χ1n) is 5.66. The number of nitrogen functional groups attached to an aromatic ring is 1. The molecule has 2 rings (SSSR count). The minimum Gasteiger partial charge on any atom is -0.463 e. The van der Waals surface area contributed by atoms with Crippen LogP contribution >= 0.6 is 15.9 Å². The zero-order valence-electron chi connectivity index (χ0n) is 10.9. The van der Waals surface area contributed by atoms with Crippen molar-refractivity contribution in [3.63, 3.8) is 0 Å². The number of benzene rings is 1. The predicted molar refractivity (Wildman–Crippen MR) is 76.7 cm³/mol. The lowest BCUT2D eigenvalue weighted by Gasteiger charge is -2.09. The summed E-state index contributed by atoms with van der Waals surface area (Å²) in [6.07, 6.45) is 0. The van der Waals surface area contributed by atoms with Gasteiger partial charge in [-0.25, -0.2) is 9.78 Å². The number of halogens is 1. The number of aryl methyl sites for hydroxylation is 1. The number of anilines is 1. The third-order valence-corrected chi connectivity index (χ3v) is 3.02. The molecule has 6 nitrogen and oxygen atoms in total. The molecule has 0 saturated carbocycles. The number of nitrogens with two attached hydrogens (primary N) is 1. The third-order valence-electron chi connectivity index (χ3n) is 2.37. The molecule has 0 saturated heterocycles. The van der Waals surface area contributed by atoms with E-state index in [-0.39, 0.29) is 11.7 Å². The Kier molecular flexibility index (Phi) is 4.19. The fourth-order valence-corrected chi connectivity index (χ4v) is 1.81. The molecule has 7 heteroatoms. The molecule has 0 aliphatic rings. The second-order valence-corrected chi connectivity index (χ2v) is 4.81. The van der Waals surface area contributed by atoms with Gasteiger partial charge in [-0.3, -0.25) is 0 Å². The van der Waals surface area contributed by atoms with Gasteiger partial charge in [0.1, 0.15) is 5.75 Å². The van der Waals surface area contributed by atoms with Crippen molar-refractivity contribution in [3.8, 4) is 11.6 Å². The zero-order valence-corrected chi connectivity index (χ0v) is 12.5. The van der Waals surface area contributed by atoms with E-state index in [1.54, 1.807) is 31.2 Å². The summed E-state index contributed by atoms with van der Waals surface area (Å²) in [4.78, 5) is 19.4. The van der Waals surface area contributed by atoms with Crippen LogP contribution in [-0.2, 0) is 4.74 Å². The van der Waals surface area contributed by atoms with Crippen molar-refractivity contribution in [2.75, 3.05) is 12.8 Å². The molecule has 0 unspecified atom stereocenters. The molecule has 0 bridgehead atoms. The number of carbonyl (C=O) groups excluding carboxylic acids is 1. The monoisotopic (exact) mass is 337 g/mol. The van der Waals surface area contributed by atoms with Gasteiger partial charge in [-0.1, -0.05) is 0 Å². The summed E-state index contributed by atoms with van der Waals surface area (Å²) in [5.41, 5.74) is 6.85. The van der Waals surface area contributed by atoms with E-state index in [0.717, 1.165) is 4.47 Å². The third kappa shape index (κ3) is 3.24. The lowest BCUT2D eigenvalue weighted by molar-refractivity contribution is 0.0585. The minimum atomic E-state index is -0.620. The van der Waals surface area contributed by atoms with Crippen LogP contribution in [0.3, 0.4) is 0 Å². The molecule has 2 aromatic rings. The Morgan fingerprint density at radius 3 is 2.75 bits per heavy atom. The number of nitrogens with zero attached hydrogens (tertiary/aromatic N) is 2. The maximum Gasteiger partial charge on any atom is 0.376 e. The summed E-state index contributed by atoms with van der Waals surface area (Å²) in [6.45, 7) is 1.73. The van der Waals surface area contributed by atoms with Gasteiger partial charge in [-0.05, 0) is 35.0 Å². The van der Waals surface area contributed by atoms with Crippen LogP contribution in [-0.4, -0.2) is 23.0 Å². The number of hydrogen-bond donors (Lipinski definition) is 1. The number of aromatic nitrogens is 2. The maximum atomic E-state index is 11.5. The van der Waals surface area contributed by atoms with Gasteiger partial charge in [-0.2, -0.15) is 4.98 Å². The molecule has 0 fully saturated rings. The molecule has 20 heavy (non-hydrogen) atoms. The second kappa shape index (κ2) is 5.87. The van der Waals surface area contributed by atoms with E-state index < -0.39 is 5.97 Å². The van der Waals surface area contributed by atoms with Crippen molar-refractivity contribution in [2.45, 2.75) is 6.92 Å². The SMILES string of the molecule is COC(=O)c1nc(C)cc(Oc2cc(N)ccc2Br)n1. The predicted octanol–water partition coefficient (Wildman–Crippen LogP) is 2.71. The summed E-state index contributed by atoms with van der Waals surface area (Å²) in [5.74, 6) is 0.0656.